The van der Waals surface area contributed by atoms with Crippen LogP contribution in [0.1, 0.15) is 12.8 Å². The maximum Gasteiger partial charge on any atom is 0.240 e. The van der Waals surface area contributed by atoms with Gasteiger partial charge in [-0.15, -0.1) is 0 Å². The van der Waals surface area contributed by atoms with E-state index in [0.29, 0.717) is 28.8 Å². The van der Waals surface area contributed by atoms with Crippen LogP contribution in [0.4, 0.5) is 4.39 Å². The van der Waals surface area contributed by atoms with E-state index in [-0.39, 0.29) is 17.3 Å². The third-order valence-electron chi connectivity index (χ3n) is 3.95. The highest BCUT2D eigenvalue weighted by molar-refractivity contribution is 9.10. The fourth-order valence-corrected chi connectivity index (χ4v) is 3.92. The molecule has 0 aliphatic heterocycles. The Hall–Kier alpha value is -1.95. The number of sulfonamides is 1. The van der Waals surface area contributed by atoms with Gasteiger partial charge < -0.3 is 4.74 Å². The van der Waals surface area contributed by atoms with Gasteiger partial charge in [0.1, 0.15) is 17.3 Å². The minimum Gasteiger partial charge on any atom is -0.456 e. The monoisotopic (exact) mass is 424 g/mol. The number of hydrogen-bond acceptors (Lipinski definition) is 4. The van der Waals surface area contributed by atoms with Crippen LogP contribution >= 0.6 is 15.9 Å². The first-order valence-electron chi connectivity index (χ1n) is 7.48. The SMILES string of the molecule is N#CC1(CNS(=O)(=O)c2ccc(Oc3ccc(F)cc3)c(Br)c2)CC1. The van der Waals surface area contributed by atoms with Crippen LogP contribution in [0.5, 0.6) is 11.5 Å². The Morgan fingerprint density at radius 3 is 2.48 bits per heavy atom. The van der Waals surface area contributed by atoms with E-state index in [4.69, 9.17) is 10.00 Å². The first-order chi connectivity index (χ1) is 11.8. The summed E-state index contributed by atoms with van der Waals surface area (Å²) in [6.45, 7) is 0.108. The first kappa shape index (κ1) is 17.9. The van der Waals surface area contributed by atoms with Crippen molar-refractivity contribution in [3.8, 4) is 17.6 Å². The van der Waals surface area contributed by atoms with Gasteiger partial charge in [0.2, 0.25) is 10.0 Å². The van der Waals surface area contributed by atoms with Crippen molar-refractivity contribution in [3.63, 3.8) is 0 Å². The van der Waals surface area contributed by atoms with Crippen molar-refractivity contribution >= 4 is 26.0 Å². The van der Waals surface area contributed by atoms with Crippen molar-refractivity contribution in [1.29, 1.82) is 5.26 Å². The van der Waals surface area contributed by atoms with Crippen LogP contribution in [0.2, 0.25) is 0 Å². The second kappa shape index (κ2) is 6.75. The molecule has 0 atom stereocenters. The second-order valence-corrected chi connectivity index (χ2v) is 8.49. The summed E-state index contributed by atoms with van der Waals surface area (Å²) in [5, 5.41) is 9.03. The van der Waals surface area contributed by atoms with E-state index in [9.17, 15) is 12.8 Å². The van der Waals surface area contributed by atoms with E-state index in [1.807, 2.05) is 0 Å². The molecule has 2 aromatic rings. The molecule has 1 aliphatic carbocycles. The normalized spacial score (nSPS) is 15.4. The van der Waals surface area contributed by atoms with Gasteiger partial charge in [0, 0.05) is 6.54 Å². The van der Waals surface area contributed by atoms with Crippen molar-refractivity contribution in [2.45, 2.75) is 17.7 Å². The molecule has 0 unspecified atom stereocenters. The molecule has 2 aromatic carbocycles. The zero-order chi connectivity index (χ0) is 18.1. The number of nitrogens with zero attached hydrogens (tertiary/aromatic N) is 1. The zero-order valence-electron chi connectivity index (χ0n) is 13.0. The number of halogens is 2. The summed E-state index contributed by atoms with van der Waals surface area (Å²) in [4.78, 5) is 0.0690. The summed E-state index contributed by atoms with van der Waals surface area (Å²) in [5.74, 6) is 0.464. The van der Waals surface area contributed by atoms with Crippen LogP contribution in [0.15, 0.2) is 51.8 Å². The average molecular weight is 425 g/mol. The van der Waals surface area contributed by atoms with Gasteiger partial charge in [-0.25, -0.2) is 17.5 Å². The first-order valence-corrected chi connectivity index (χ1v) is 9.75. The van der Waals surface area contributed by atoms with Crippen molar-refractivity contribution in [3.05, 3.63) is 52.8 Å². The average Bonchev–Trinajstić information content (AvgIpc) is 3.37. The Kier molecular flexibility index (Phi) is 4.82. The summed E-state index contributed by atoms with van der Waals surface area (Å²) in [5.41, 5.74) is -0.560. The van der Waals surface area contributed by atoms with Crippen LogP contribution in [0, 0.1) is 22.6 Å². The highest BCUT2D eigenvalue weighted by Crippen LogP contribution is 2.44. The zero-order valence-corrected chi connectivity index (χ0v) is 15.4. The van der Waals surface area contributed by atoms with Gasteiger partial charge in [-0.3, -0.25) is 0 Å². The van der Waals surface area contributed by atoms with E-state index in [2.05, 4.69) is 26.7 Å². The topological polar surface area (TPSA) is 79.2 Å². The Morgan fingerprint density at radius 1 is 1.24 bits per heavy atom. The lowest BCUT2D eigenvalue weighted by Crippen LogP contribution is -2.29. The number of nitriles is 1. The van der Waals surface area contributed by atoms with E-state index >= 15 is 0 Å². The second-order valence-electron chi connectivity index (χ2n) is 5.86. The number of rotatable bonds is 6. The third-order valence-corrected chi connectivity index (χ3v) is 5.97. The Labute approximate surface area is 153 Å². The molecule has 0 radical (unpaired) electrons. The molecule has 5 nitrogen and oxygen atoms in total. The number of nitrogens with one attached hydrogen (secondary N) is 1. The quantitative estimate of drug-likeness (QED) is 0.760. The molecule has 0 aromatic heterocycles. The molecule has 1 aliphatic rings. The maximum atomic E-state index is 12.9. The van der Waals surface area contributed by atoms with Crippen LogP contribution in [0.3, 0.4) is 0 Å². The van der Waals surface area contributed by atoms with Crippen LogP contribution in [-0.2, 0) is 10.0 Å². The molecule has 0 amide bonds. The summed E-state index contributed by atoms with van der Waals surface area (Å²) in [6, 6.07) is 12.0. The largest absolute Gasteiger partial charge is 0.456 e. The smallest absolute Gasteiger partial charge is 0.240 e. The number of benzene rings is 2. The van der Waals surface area contributed by atoms with Crippen molar-refractivity contribution in [2.75, 3.05) is 6.54 Å². The fraction of sp³-hybridized carbons (Fsp3) is 0.235. The Morgan fingerprint density at radius 2 is 1.92 bits per heavy atom. The van der Waals surface area contributed by atoms with Gasteiger partial charge in [-0.05, 0) is 71.2 Å². The summed E-state index contributed by atoms with van der Waals surface area (Å²) >= 11 is 3.28. The minimum atomic E-state index is -3.72. The molecule has 1 saturated carbocycles. The minimum absolute atomic E-state index is 0.0690. The molecular formula is C17H14BrFN2O3S. The molecule has 0 bridgehead atoms. The summed E-state index contributed by atoms with van der Waals surface area (Å²) in [6.07, 6.45) is 1.42. The lowest BCUT2D eigenvalue weighted by atomic mass is 10.1. The maximum absolute atomic E-state index is 12.9. The highest BCUT2D eigenvalue weighted by atomic mass is 79.9. The summed E-state index contributed by atoms with van der Waals surface area (Å²) < 4.78 is 46.2. The van der Waals surface area contributed by atoms with Crippen LogP contribution in [0.25, 0.3) is 0 Å². The molecule has 0 spiro atoms. The van der Waals surface area contributed by atoms with Gasteiger partial charge in [0.15, 0.2) is 0 Å². The lowest BCUT2D eigenvalue weighted by Gasteiger charge is -2.12. The molecule has 0 saturated heterocycles. The van der Waals surface area contributed by atoms with Crippen molar-refractivity contribution < 1.29 is 17.5 Å². The molecule has 25 heavy (non-hydrogen) atoms. The van der Waals surface area contributed by atoms with Crippen molar-refractivity contribution in [2.24, 2.45) is 5.41 Å². The van der Waals surface area contributed by atoms with Gasteiger partial charge in [0.25, 0.3) is 0 Å². The molecular weight excluding hydrogens is 411 g/mol. The van der Waals surface area contributed by atoms with E-state index in [1.165, 1.54) is 42.5 Å². The molecule has 0 heterocycles. The highest BCUT2D eigenvalue weighted by Gasteiger charge is 2.43. The van der Waals surface area contributed by atoms with Gasteiger partial charge >= 0.3 is 0 Å². The van der Waals surface area contributed by atoms with Gasteiger partial charge in [-0.2, -0.15) is 5.26 Å². The van der Waals surface area contributed by atoms with E-state index in [1.54, 1.807) is 0 Å². The Bertz CT molecular complexity index is 935. The lowest BCUT2D eigenvalue weighted by molar-refractivity contribution is 0.477. The third kappa shape index (κ3) is 4.18. The molecule has 130 valence electrons. The van der Waals surface area contributed by atoms with Crippen molar-refractivity contribution in [1.82, 2.24) is 4.72 Å². The molecule has 1 N–H and O–H groups in total. The molecule has 1 fully saturated rings. The van der Waals surface area contributed by atoms with Gasteiger partial charge in [-0.1, -0.05) is 0 Å². The number of hydrogen-bond donors (Lipinski definition) is 1. The fourth-order valence-electron chi connectivity index (χ4n) is 2.16. The standard InChI is InChI=1S/C17H14BrFN2O3S/c18-15-9-14(25(22,23)21-11-17(10-20)7-8-17)5-6-16(15)24-13-3-1-12(19)2-4-13/h1-6,9,21H,7-8,11H2. The van der Waals surface area contributed by atoms with E-state index < -0.39 is 15.4 Å². The molecule has 8 heteroatoms. The molecule has 3 rings (SSSR count). The number of ether oxygens (including phenoxy) is 1. The van der Waals surface area contributed by atoms with Crippen LogP contribution < -0.4 is 9.46 Å². The Balaban J connectivity index is 1.74. The van der Waals surface area contributed by atoms with Crippen LogP contribution in [-0.4, -0.2) is 15.0 Å². The summed E-state index contributed by atoms with van der Waals surface area (Å²) in [7, 11) is -3.72. The van der Waals surface area contributed by atoms with E-state index in [0.717, 1.165) is 0 Å². The predicted octanol–water partition coefficient (Wildman–Crippen LogP) is 3.96. The van der Waals surface area contributed by atoms with Gasteiger partial charge in [0.05, 0.1) is 20.9 Å². The predicted molar refractivity (Wildman–Crippen MR) is 93.1 cm³/mol.